The van der Waals surface area contributed by atoms with Crippen LogP contribution in [0.15, 0.2) is 30.3 Å². The van der Waals surface area contributed by atoms with Crippen molar-refractivity contribution in [1.82, 2.24) is 0 Å². The Morgan fingerprint density at radius 1 is 1.16 bits per heavy atom. The number of aliphatic carboxylic acids is 2. The Bertz CT molecular complexity index is 415. The first-order valence-electron chi connectivity index (χ1n) is 5.42. The number of rotatable bonds is 5. The number of carboxylic acid groups (broad SMARTS) is 2. The molecule has 4 nitrogen and oxygen atoms in total. The van der Waals surface area contributed by atoms with Crippen molar-refractivity contribution in [2.75, 3.05) is 0 Å². The van der Waals surface area contributed by atoms with E-state index in [9.17, 15) is 19.8 Å². The average molecular weight is 284 g/mol. The minimum absolute atomic E-state index is 0. The third-order valence-corrected chi connectivity index (χ3v) is 3.07. The molecule has 1 aromatic carbocycles. The molecule has 0 aliphatic rings. The van der Waals surface area contributed by atoms with Crippen molar-refractivity contribution in [2.24, 2.45) is 11.3 Å². The van der Waals surface area contributed by atoms with Crippen LogP contribution in [-0.2, 0) is 16.0 Å². The standard InChI is InChI=1S/C13H16O4.K.Li.2H/c1-9(2)13(11(14)15,12(16)17)8-10-6-4-3-5-7-10;;;;/h3-7,9H,8H2,1-2H3,(H,14,15)(H,16,17);;;;/q;2*+1;2*-1. The van der Waals surface area contributed by atoms with Crippen LogP contribution in [0.4, 0.5) is 0 Å². The van der Waals surface area contributed by atoms with Crippen molar-refractivity contribution < 1.29 is 92.9 Å². The molecule has 1 aromatic rings. The molecule has 0 spiro atoms. The molecule has 0 radical (unpaired) electrons. The average Bonchev–Trinajstić information content (AvgIpc) is 2.25. The molecule has 0 heterocycles. The topological polar surface area (TPSA) is 74.6 Å². The molecule has 0 saturated heterocycles. The molecular formula is C13H18KLiO4. The molecule has 2 N–H and O–H groups in total. The monoisotopic (exact) mass is 284 g/mol. The Hall–Kier alpha value is 0.394. The van der Waals surface area contributed by atoms with Gasteiger partial charge in [0.1, 0.15) is 0 Å². The summed E-state index contributed by atoms with van der Waals surface area (Å²) < 4.78 is 0. The van der Waals surface area contributed by atoms with Gasteiger partial charge in [-0.05, 0) is 17.9 Å². The molecule has 0 unspecified atom stereocenters. The Labute approximate surface area is 170 Å². The quantitative estimate of drug-likeness (QED) is 0.431. The minimum Gasteiger partial charge on any atom is -1.00 e. The van der Waals surface area contributed by atoms with Gasteiger partial charge in [-0.25, -0.2) is 0 Å². The molecule has 0 atom stereocenters. The molecule has 1 rings (SSSR count). The molecule has 0 amide bonds. The van der Waals surface area contributed by atoms with Crippen LogP contribution < -0.4 is 70.2 Å². The number of carboxylic acids is 2. The van der Waals surface area contributed by atoms with Crippen LogP contribution in [0, 0.1) is 11.3 Å². The second kappa shape index (κ2) is 9.35. The van der Waals surface area contributed by atoms with Gasteiger partial charge in [-0.3, -0.25) is 9.59 Å². The van der Waals surface area contributed by atoms with E-state index >= 15 is 0 Å². The molecule has 0 aliphatic carbocycles. The van der Waals surface area contributed by atoms with Gasteiger partial charge < -0.3 is 13.1 Å². The predicted octanol–water partition coefficient (Wildman–Crippen LogP) is -3.73. The van der Waals surface area contributed by atoms with Crippen molar-refractivity contribution in [1.29, 1.82) is 0 Å². The van der Waals surface area contributed by atoms with E-state index in [1.165, 1.54) is 0 Å². The van der Waals surface area contributed by atoms with E-state index in [4.69, 9.17) is 0 Å². The summed E-state index contributed by atoms with van der Waals surface area (Å²) in [5, 5.41) is 18.5. The molecule has 0 bridgehead atoms. The van der Waals surface area contributed by atoms with Crippen molar-refractivity contribution in [3.05, 3.63) is 35.9 Å². The van der Waals surface area contributed by atoms with E-state index in [1.807, 2.05) is 6.07 Å². The normalized spacial score (nSPS) is 10.3. The third-order valence-electron chi connectivity index (χ3n) is 3.07. The second-order valence-corrected chi connectivity index (χ2v) is 4.40. The van der Waals surface area contributed by atoms with Gasteiger partial charge in [-0.2, -0.15) is 0 Å². The maximum Gasteiger partial charge on any atom is 1.00 e. The first-order chi connectivity index (χ1) is 7.91. The molecule has 0 saturated carbocycles. The maximum atomic E-state index is 11.3. The van der Waals surface area contributed by atoms with Crippen LogP contribution in [0.5, 0.6) is 0 Å². The summed E-state index contributed by atoms with van der Waals surface area (Å²) in [5.41, 5.74) is -1.05. The van der Waals surface area contributed by atoms with Gasteiger partial charge in [0.2, 0.25) is 0 Å². The van der Waals surface area contributed by atoms with Gasteiger partial charge in [-0.1, -0.05) is 44.2 Å². The Morgan fingerprint density at radius 2 is 1.58 bits per heavy atom. The summed E-state index contributed by atoms with van der Waals surface area (Å²) in [6, 6.07) is 8.82. The van der Waals surface area contributed by atoms with Crippen LogP contribution in [0.3, 0.4) is 0 Å². The first-order valence-corrected chi connectivity index (χ1v) is 5.42. The van der Waals surface area contributed by atoms with E-state index in [2.05, 4.69) is 0 Å². The van der Waals surface area contributed by atoms with Gasteiger partial charge in [0.05, 0.1) is 0 Å². The van der Waals surface area contributed by atoms with Gasteiger partial charge in [0.25, 0.3) is 0 Å². The summed E-state index contributed by atoms with van der Waals surface area (Å²) in [6.45, 7) is 3.23. The Kier molecular flexibility index (Phi) is 10.7. The van der Waals surface area contributed by atoms with Gasteiger partial charge >= 0.3 is 82.2 Å². The zero-order valence-electron chi connectivity index (χ0n) is 13.9. The molecule has 19 heavy (non-hydrogen) atoms. The van der Waals surface area contributed by atoms with Crippen LogP contribution in [0.2, 0.25) is 0 Å². The van der Waals surface area contributed by atoms with Gasteiger partial charge in [0, 0.05) is 0 Å². The second-order valence-electron chi connectivity index (χ2n) is 4.40. The fourth-order valence-electron chi connectivity index (χ4n) is 1.86. The smallest absolute Gasteiger partial charge is 1.00 e. The minimum atomic E-state index is -1.76. The summed E-state index contributed by atoms with van der Waals surface area (Å²) in [5.74, 6) is -3.06. The number of carbonyl (C=O) groups is 2. The summed E-state index contributed by atoms with van der Waals surface area (Å²) in [7, 11) is 0. The zero-order valence-corrected chi connectivity index (χ0v) is 15.0. The SMILES string of the molecule is CC(C)C(Cc1ccccc1)(C(=O)O)C(=O)O.[H-].[H-].[K+].[Li+]. The number of benzene rings is 1. The summed E-state index contributed by atoms with van der Waals surface area (Å²) in [4.78, 5) is 22.7. The van der Waals surface area contributed by atoms with Crippen molar-refractivity contribution in [2.45, 2.75) is 20.3 Å². The molecule has 0 aromatic heterocycles. The Morgan fingerprint density at radius 3 is 1.89 bits per heavy atom. The number of hydrogen-bond acceptors (Lipinski definition) is 2. The molecule has 96 valence electrons. The molecule has 0 aliphatic heterocycles. The van der Waals surface area contributed by atoms with Crippen LogP contribution in [0.25, 0.3) is 0 Å². The van der Waals surface area contributed by atoms with Crippen LogP contribution >= 0.6 is 0 Å². The predicted molar refractivity (Wildman–Crippen MR) is 64.9 cm³/mol. The van der Waals surface area contributed by atoms with E-state index in [0.29, 0.717) is 5.56 Å². The van der Waals surface area contributed by atoms with Crippen LogP contribution in [0.1, 0.15) is 22.3 Å². The summed E-state index contributed by atoms with van der Waals surface area (Å²) >= 11 is 0. The molecular weight excluding hydrogens is 266 g/mol. The van der Waals surface area contributed by atoms with Crippen LogP contribution in [-0.4, -0.2) is 22.2 Å². The van der Waals surface area contributed by atoms with E-state index in [0.717, 1.165) is 0 Å². The van der Waals surface area contributed by atoms with Gasteiger partial charge in [-0.15, -0.1) is 0 Å². The zero-order chi connectivity index (χ0) is 13.1. The third kappa shape index (κ3) is 5.02. The first kappa shape index (κ1) is 21.7. The molecule has 6 heteroatoms. The molecule has 0 fully saturated rings. The maximum absolute atomic E-state index is 11.3. The largest absolute Gasteiger partial charge is 1.00 e. The van der Waals surface area contributed by atoms with E-state index in [-0.39, 0.29) is 79.5 Å². The number of hydrogen-bond donors (Lipinski definition) is 2. The van der Waals surface area contributed by atoms with Crippen molar-refractivity contribution in [3.63, 3.8) is 0 Å². The van der Waals surface area contributed by atoms with Crippen molar-refractivity contribution >= 4 is 11.9 Å². The van der Waals surface area contributed by atoms with E-state index in [1.54, 1.807) is 38.1 Å². The Balaban J connectivity index is -0.000000361. The van der Waals surface area contributed by atoms with Gasteiger partial charge in [0.15, 0.2) is 5.41 Å². The fourth-order valence-corrected chi connectivity index (χ4v) is 1.86. The summed E-state index contributed by atoms with van der Waals surface area (Å²) in [6.07, 6.45) is -0.00380. The van der Waals surface area contributed by atoms with Crippen molar-refractivity contribution in [3.8, 4) is 0 Å². The fraction of sp³-hybridized carbons (Fsp3) is 0.385. The van der Waals surface area contributed by atoms with E-state index < -0.39 is 23.3 Å².